The third-order valence-electron chi connectivity index (χ3n) is 4.08. The molecule has 1 rings (SSSR count). The van der Waals surface area contributed by atoms with E-state index in [-0.39, 0.29) is 5.91 Å². The number of carbonyl (C=O) groups is 1. The molecule has 0 heterocycles. The topological polar surface area (TPSA) is 49.3 Å². The van der Waals surface area contributed by atoms with E-state index in [9.17, 15) is 4.79 Å². The lowest BCUT2D eigenvalue weighted by atomic mass is 9.83. The third kappa shape index (κ3) is 6.90. The first-order valence-corrected chi connectivity index (χ1v) is 7.83. The van der Waals surface area contributed by atoms with Crippen molar-refractivity contribution >= 4 is 5.91 Å². The van der Waals surface area contributed by atoms with Gasteiger partial charge >= 0.3 is 0 Å². The minimum Gasteiger partial charge on any atom is -0.389 e. The van der Waals surface area contributed by atoms with Gasteiger partial charge < -0.3 is 10.4 Å². The summed E-state index contributed by atoms with van der Waals surface area (Å²) in [5.41, 5.74) is 1.48. The summed E-state index contributed by atoms with van der Waals surface area (Å²) in [6.45, 7) is 6.03. The standard InChI is InChI=1S/C17H29NO2/c1-4-13(2)5-7-15-8-10-16(11-9-15)18-17(20)12-6-14(3)19/h5-6,12,14-16,19H,4,7-11H2,1-3H3,(H,18,20)/b12-6-,13-5+/t14-,15-,16+/m0/s1. The Morgan fingerprint density at radius 1 is 1.35 bits per heavy atom. The highest BCUT2D eigenvalue weighted by molar-refractivity contribution is 5.87. The number of nitrogens with one attached hydrogen (secondary N) is 1. The van der Waals surface area contributed by atoms with Crippen molar-refractivity contribution in [1.82, 2.24) is 5.32 Å². The molecule has 114 valence electrons. The zero-order valence-corrected chi connectivity index (χ0v) is 13.1. The van der Waals surface area contributed by atoms with Crippen molar-refractivity contribution in [3.05, 3.63) is 23.8 Å². The first-order valence-electron chi connectivity index (χ1n) is 7.83. The van der Waals surface area contributed by atoms with Crippen LogP contribution in [0.25, 0.3) is 0 Å². The third-order valence-corrected chi connectivity index (χ3v) is 4.08. The molecule has 0 aromatic carbocycles. The Morgan fingerprint density at radius 2 is 2.00 bits per heavy atom. The van der Waals surface area contributed by atoms with E-state index >= 15 is 0 Å². The lowest BCUT2D eigenvalue weighted by Gasteiger charge is -2.28. The van der Waals surface area contributed by atoms with Gasteiger partial charge in [0, 0.05) is 12.1 Å². The molecule has 2 N–H and O–H groups in total. The molecular weight excluding hydrogens is 250 g/mol. The van der Waals surface area contributed by atoms with Crippen LogP contribution in [-0.4, -0.2) is 23.2 Å². The SMILES string of the molecule is CC/C(C)=C/C[C@H]1CC[C@@H](NC(=O)/C=C\[C@H](C)O)CC1. The lowest BCUT2D eigenvalue weighted by molar-refractivity contribution is -0.117. The largest absolute Gasteiger partial charge is 0.389 e. The molecule has 0 saturated heterocycles. The smallest absolute Gasteiger partial charge is 0.243 e. The van der Waals surface area contributed by atoms with E-state index in [0.717, 1.165) is 25.2 Å². The summed E-state index contributed by atoms with van der Waals surface area (Å²) < 4.78 is 0. The minimum atomic E-state index is -0.565. The van der Waals surface area contributed by atoms with Crippen LogP contribution in [0.1, 0.15) is 59.3 Å². The zero-order valence-electron chi connectivity index (χ0n) is 13.1. The average molecular weight is 279 g/mol. The monoisotopic (exact) mass is 279 g/mol. The fraction of sp³-hybridized carbons (Fsp3) is 0.706. The van der Waals surface area contributed by atoms with Crippen LogP contribution in [0.2, 0.25) is 0 Å². The number of carbonyl (C=O) groups excluding carboxylic acids is 1. The Labute approximate surface area is 123 Å². The zero-order chi connectivity index (χ0) is 15.0. The van der Waals surface area contributed by atoms with E-state index in [0.29, 0.717) is 6.04 Å². The molecule has 0 aromatic heterocycles. The second-order valence-corrected chi connectivity index (χ2v) is 5.97. The second kappa shape index (κ2) is 8.96. The molecule has 0 radical (unpaired) electrons. The van der Waals surface area contributed by atoms with Gasteiger partial charge in [-0.1, -0.05) is 24.6 Å². The van der Waals surface area contributed by atoms with Gasteiger partial charge in [-0.2, -0.15) is 0 Å². The predicted molar refractivity (Wildman–Crippen MR) is 83.4 cm³/mol. The molecule has 0 aromatic rings. The van der Waals surface area contributed by atoms with Gasteiger partial charge in [0.05, 0.1) is 6.10 Å². The molecule has 0 bridgehead atoms. The summed E-state index contributed by atoms with van der Waals surface area (Å²) in [6, 6.07) is 0.300. The number of rotatable bonds is 6. The van der Waals surface area contributed by atoms with Crippen LogP contribution >= 0.6 is 0 Å². The van der Waals surface area contributed by atoms with E-state index < -0.39 is 6.10 Å². The molecule has 1 amide bonds. The van der Waals surface area contributed by atoms with Gasteiger partial charge in [0.15, 0.2) is 0 Å². The molecule has 1 atom stereocenters. The summed E-state index contributed by atoms with van der Waals surface area (Å²) in [5, 5.41) is 12.1. The highest BCUT2D eigenvalue weighted by Gasteiger charge is 2.21. The maximum Gasteiger partial charge on any atom is 0.243 e. The summed E-state index contributed by atoms with van der Waals surface area (Å²) in [6.07, 6.45) is 11.6. The highest BCUT2D eigenvalue weighted by atomic mass is 16.3. The first kappa shape index (κ1) is 17.0. The van der Waals surface area contributed by atoms with Crippen LogP contribution in [0.3, 0.4) is 0 Å². The first-order chi connectivity index (χ1) is 9.51. The Morgan fingerprint density at radius 3 is 2.55 bits per heavy atom. The highest BCUT2D eigenvalue weighted by Crippen LogP contribution is 2.27. The number of hydrogen-bond donors (Lipinski definition) is 2. The number of allylic oxidation sites excluding steroid dienone is 2. The van der Waals surface area contributed by atoms with Crippen molar-refractivity contribution in [2.45, 2.75) is 71.4 Å². The van der Waals surface area contributed by atoms with Crippen LogP contribution < -0.4 is 5.32 Å². The Bertz CT molecular complexity index is 350. The Kier molecular flexibility index (Phi) is 7.60. The van der Waals surface area contributed by atoms with Crippen LogP contribution in [0.5, 0.6) is 0 Å². The van der Waals surface area contributed by atoms with E-state index in [1.54, 1.807) is 6.92 Å². The van der Waals surface area contributed by atoms with E-state index in [1.807, 2.05) is 0 Å². The van der Waals surface area contributed by atoms with E-state index in [1.165, 1.54) is 37.0 Å². The molecule has 0 aliphatic heterocycles. The molecule has 1 saturated carbocycles. The van der Waals surface area contributed by atoms with Gasteiger partial charge in [0.2, 0.25) is 5.91 Å². The van der Waals surface area contributed by atoms with Crippen molar-refractivity contribution in [3.63, 3.8) is 0 Å². The fourth-order valence-electron chi connectivity index (χ4n) is 2.53. The summed E-state index contributed by atoms with van der Waals surface area (Å²) in [5.74, 6) is 0.689. The molecule has 1 aliphatic rings. The van der Waals surface area contributed by atoms with Gasteiger partial charge in [0.1, 0.15) is 0 Å². The second-order valence-electron chi connectivity index (χ2n) is 5.97. The van der Waals surface area contributed by atoms with E-state index in [4.69, 9.17) is 5.11 Å². The summed E-state index contributed by atoms with van der Waals surface area (Å²) in [7, 11) is 0. The van der Waals surface area contributed by atoms with E-state index in [2.05, 4.69) is 25.2 Å². The predicted octanol–water partition coefficient (Wildman–Crippen LogP) is 3.34. The number of hydrogen-bond acceptors (Lipinski definition) is 2. The Balaban J connectivity index is 2.27. The van der Waals surface area contributed by atoms with Crippen molar-refractivity contribution in [2.75, 3.05) is 0 Å². The summed E-state index contributed by atoms with van der Waals surface area (Å²) in [4.78, 5) is 11.6. The molecule has 0 unspecified atom stereocenters. The molecule has 3 nitrogen and oxygen atoms in total. The van der Waals surface area contributed by atoms with Gasteiger partial charge in [-0.3, -0.25) is 4.79 Å². The molecule has 1 aliphatic carbocycles. The molecular formula is C17H29NO2. The number of amides is 1. The van der Waals surface area contributed by atoms with Gasteiger partial charge in [-0.05, 0) is 58.3 Å². The van der Waals surface area contributed by atoms with Crippen molar-refractivity contribution in [1.29, 1.82) is 0 Å². The van der Waals surface area contributed by atoms with Gasteiger partial charge in [-0.25, -0.2) is 0 Å². The molecule has 20 heavy (non-hydrogen) atoms. The fourth-order valence-corrected chi connectivity index (χ4v) is 2.53. The summed E-state index contributed by atoms with van der Waals surface area (Å²) >= 11 is 0. The molecule has 0 spiro atoms. The van der Waals surface area contributed by atoms with Crippen LogP contribution in [0.4, 0.5) is 0 Å². The Hall–Kier alpha value is -1.09. The van der Waals surface area contributed by atoms with Gasteiger partial charge in [0.25, 0.3) is 0 Å². The normalized spacial score (nSPS) is 25.7. The van der Waals surface area contributed by atoms with Crippen LogP contribution in [0, 0.1) is 5.92 Å². The number of aliphatic hydroxyl groups is 1. The van der Waals surface area contributed by atoms with Crippen LogP contribution in [-0.2, 0) is 4.79 Å². The quantitative estimate of drug-likeness (QED) is 0.578. The molecule has 1 fully saturated rings. The average Bonchev–Trinajstić information content (AvgIpc) is 2.44. The molecule has 3 heteroatoms. The maximum atomic E-state index is 11.6. The maximum absolute atomic E-state index is 11.6. The van der Waals surface area contributed by atoms with Gasteiger partial charge in [-0.15, -0.1) is 0 Å². The minimum absolute atomic E-state index is 0.0870. The number of aliphatic hydroxyl groups excluding tert-OH is 1. The van der Waals surface area contributed by atoms with Crippen molar-refractivity contribution < 1.29 is 9.90 Å². The van der Waals surface area contributed by atoms with Crippen molar-refractivity contribution in [3.8, 4) is 0 Å². The van der Waals surface area contributed by atoms with Crippen molar-refractivity contribution in [2.24, 2.45) is 5.92 Å². The lowest BCUT2D eigenvalue weighted by Crippen LogP contribution is -2.36. The van der Waals surface area contributed by atoms with Crippen LogP contribution in [0.15, 0.2) is 23.8 Å².